The van der Waals surface area contributed by atoms with Gasteiger partial charge < -0.3 is 5.11 Å². The molecule has 5 heteroatoms. The number of anilines is 1. The molecule has 1 atom stereocenters. The van der Waals surface area contributed by atoms with Gasteiger partial charge in [0.25, 0.3) is 5.72 Å². The van der Waals surface area contributed by atoms with Crippen molar-refractivity contribution >= 4 is 22.6 Å². The van der Waals surface area contributed by atoms with Crippen LogP contribution in [0.5, 0.6) is 0 Å². The van der Waals surface area contributed by atoms with Crippen molar-refractivity contribution in [2.75, 3.05) is 23.7 Å². The van der Waals surface area contributed by atoms with E-state index in [4.69, 9.17) is 0 Å². The zero-order valence-electron chi connectivity index (χ0n) is 14.5. The van der Waals surface area contributed by atoms with Crippen LogP contribution in [0.4, 0.5) is 10.1 Å². The maximum Gasteiger partial charge on any atom is 0.316 e. The summed E-state index contributed by atoms with van der Waals surface area (Å²) in [5, 5.41) is 12.7. The van der Waals surface area contributed by atoms with Gasteiger partial charge in [-0.3, -0.25) is 0 Å². The summed E-state index contributed by atoms with van der Waals surface area (Å²) >= 11 is 1.79. The Bertz CT molecular complexity index is 849. The Kier molecular flexibility index (Phi) is 4.08. The van der Waals surface area contributed by atoms with Gasteiger partial charge in [-0.2, -0.15) is 0 Å². The molecule has 130 valence electrons. The van der Waals surface area contributed by atoms with Crippen LogP contribution in [0.3, 0.4) is 0 Å². The van der Waals surface area contributed by atoms with Crippen LogP contribution in [0.15, 0.2) is 42.5 Å². The minimum absolute atomic E-state index is 0.283. The third-order valence-corrected chi connectivity index (χ3v) is 6.20. The largest absolute Gasteiger partial charge is 0.346 e. The lowest BCUT2D eigenvalue weighted by Gasteiger charge is -2.24. The van der Waals surface area contributed by atoms with E-state index < -0.39 is 5.72 Å². The summed E-state index contributed by atoms with van der Waals surface area (Å²) in [4.78, 5) is 2.22. The molecule has 2 heterocycles. The lowest BCUT2D eigenvalue weighted by Crippen LogP contribution is -2.41. The number of hydrogen-bond donors (Lipinski definition) is 1. The third kappa shape index (κ3) is 2.75. The van der Waals surface area contributed by atoms with Gasteiger partial charge >= 0.3 is 5.17 Å². The van der Waals surface area contributed by atoms with Gasteiger partial charge in [0.05, 0.1) is 6.54 Å². The number of aryl methyl sites for hydroxylation is 2. The summed E-state index contributed by atoms with van der Waals surface area (Å²) in [6, 6.07) is 12.6. The average molecular weight is 357 g/mol. The molecule has 0 saturated carbocycles. The van der Waals surface area contributed by atoms with Gasteiger partial charge in [0.2, 0.25) is 0 Å². The Morgan fingerprint density at radius 2 is 1.92 bits per heavy atom. The highest BCUT2D eigenvalue weighted by atomic mass is 32.2. The second kappa shape index (κ2) is 6.15. The van der Waals surface area contributed by atoms with Gasteiger partial charge in [-0.25, -0.2) is 13.9 Å². The molecule has 2 aliphatic rings. The predicted molar refractivity (Wildman–Crippen MR) is 101 cm³/mol. The van der Waals surface area contributed by atoms with Gasteiger partial charge in [0.1, 0.15) is 11.5 Å². The fraction of sp³-hybridized carbons (Fsp3) is 0.350. The highest BCUT2D eigenvalue weighted by Gasteiger charge is 2.53. The Morgan fingerprint density at radius 3 is 2.68 bits per heavy atom. The smallest absolute Gasteiger partial charge is 0.316 e. The number of nitrogens with zero attached hydrogens (tertiary/aromatic N) is 2. The van der Waals surface area contributed by atoms with Crippen molar-refractivity contribution in [3.63, 3.8) is 0 Å². The van der Waals surface area contributed by atoms with E-state index in [-0.39, 0.29) is 5.82 Å². The number of β-amino-alcohol motifs (C(OH)–C–C–N with tert-alkyl or cyclic N) is 1. The minimum atomic E-state index is -1.13. The molecule has 2 aliphatic heterocycles. The molecule has 25 heavy (non-hydrogen) atoms. The summed E-state index contributed by atoms with van der Waals surface area (Å²) in [6.45, 7) is 5.44. The van der Waals surface area contributed by atoms with Crippen LogP contribution in [0.25, 0.3) is 0 Å². The number of thioether (sulfide) groups is 1. The van der Waals surface area contributed by atoms with E-state index in [0.717, 1.165) is 35.1 Å². The first-order valence-corrected chi connectivity index (χ1v) is 9.58. The molecule has 0 amide bonds. The van der Waals surface area contributed by atoms with E-state index in [0.29, 0.717) is 6.54 Å². The molecule has 0 bridgehead atoms. The summed E-state index contributed by atoms with van der Waals surface area (Å²) in [6.07, 6.45) is 1.03. The molecular formula is C20H22FN2OS+. The van der Waals surface area contributed by atoms with Crippen LogP contribution in [0.2, 0.25) is 0 Å². The van der Waals surface area contributed by atoms with Crippen molar-refractivity contribution < 1.29 is 14.1 Å². The quantitative estimate of drug-likeness (QED) is 0.832. The van der Waals surface area contributed by atoms with Gasteiger partial charge in [-0.15, -0.1) is 0 Å². The van der Waals surface area contributed by atoms with E-state index in [1.165, 1.54) is 23.3 Å². The standard InChI is InChI=1S/C20H22FN2OS/c1-14-4-5-15(2)18(12-14)22-13-20(24,16-6-8-17(21)9-7-16)23-10-3-11-25-19(22)23/h4-9,12,24H,3,10-11,13H2,1-2H3/q+1/t20-/m1/s1. The first-order valence-electron chi connectivity index (χ1n) is 8.60. The molecule has 0 aromatic heterocycles. The molecule has 0 spiro atoms. The molecule has 0 saturated heterocycles. The number of halogens is 1. The lowest BCUT2D eigenvalue weighted by molar-refractivity contribution is -0.656. The lowest BCUT2D eigenvalue weighted by atomic mass is 10.0. The Balaban J connectivity index is 1.83. The normalized spacial score (nSPS) is 23.1. The van der Waals surface area contributed by atoms with Crippen LogP contribution < -0.4 is 4.90 Å². The molecule has 1 N–H and O–H groups in total. The van der Waals surface area contributed by atoms with Crippen LogP contribution >= 0.6 is 11.8 Å². The molecule has 2 aromatic rings. The summed E-state index contributed by atoms with van der Waals surface area (Å²) in [7, 11) is 0. The van der Waals surface area contributed by atoms with Crippen molar-refractivity contribution in [3.05, 3.63) is 65.0 Å². The Hall–Kier alpha value is -1.85. The van der Waals surface area contributed by atoms with Crippen LogP contribution in [-0.4, -0.2) is 33.7 Å². The highest BCUT2D eigenvalue weighted by Crippen LogP contribution is 2.38. The van der Waals surface area contributed by atoms with E-state index >= 15 is 0 Å². The summed E-state index contributed by atoms with van der Waals surface area (Å²) in [5.74, 6) is 0.765. The molecule has 4 rings (SSSR count). The van der Waals surface area contributed by atoms with Crippen molar-refractivity contribution in [1.82, 2.24) is 0 Å². The average Bonchev–Trinajstić information content (AvgIpc) is 2.92. The molecule has 0 radical (unpaired) electrons. The van der Waals surface area contributed by atoms with Crippen molar-refractivity contribution in [3.8, 4) is 0 Å². The second-order valence-corrected chi connectivity index (χ2v) is 7.90. The SMILES string of the molecule is Cc1ccc(C)c(N2C[C@@](O)(c3ccc(F)cc3)[N+]3=C2SCCC3)c1. The first kappa shape index (κ1) is 16.6. The van der Waals surface area contributed by atoms with Crippen molar-refractivity contribution in [1.29, 1.82) is 0 Å². The van der Waals surface area contributed by atoms with E-state index in [9.17, 15) is 9.50 Å². The highest BCUT2D eigenvalue weighted by molar-refractivity contribution is 8.13. The van der Waals surface area contributed by atoms with E-state index in [2.05, 4.69) is 41.5 Å². The van der Waals surface area contributed by atoms with Crippen LogP contribution in [0.1, 0.15) is 23.1 Å². The molecular weight excluding hydrogens is 335 g/mol. The number of hydrogen-bond acceptors (Lipinski definition) is 3. The Morgan fingerprint density at radius 1 is 1.16 bits per heavy atom. The third-order valence-electron chi connectivity index (χ3n) is 5.01. The van der Waals surface area contributed by atoms with E-state index in [1.807, 2.05) is 0 Å². The fourth-order valence-corrected chi connectivity index (χ4v) is 4.84. The van der Waals surface area contributed by atoms with Crippen molar-refractivity contribution in [2.45, 2.75) is 26.0 Å². The Labute approximate surface area is 151 Å². The molecule has 3 nitrogen and oxygen atoms in total. The molecule has 0 unspecified atom stereocenters. The monoisotopic (exact) mass is 357 g/mol. The maximum atomic E-state index is 13.4. The maximum absolute atomic E-state index is 13.4. The van der Waals surface area contributed by atoms with Gasteiger partial charge in [-0.1, -0.05) is 12.1 Å². The zero-order valence-corrected chi connectivity index (χ0v) is 15.3. The minimum Gasteiger partial charge on any atom is -0.346 e. The first-order chi connectivity index (χ1) is 12.0. The number of amidine groups is 1. The number of rotatable bonds is 2. The summed E-state index contributed by atoms with van der Waals surface area (Å²) in [5.41, 5.74) is 3.12. The van der Waals surface area contributed by atoms with Gasteiger partial charge in [0.15, 0.2) is 6.54 Å². The predicted octanol–water partition coefficient (Wildman–Crippen LogP) is 3.61. The zero-order chi connectivity index (χ0) is 17.6. The topological polar surface area (TPSA) is 26.5 Å². The fourth-order valence-electron chi connectivity index (χ4n) is 3.66. The number of aliphatic hydroxyl groups is 1. The van der Waals surface area contributed by atoms with Gasteiger partial charge in [-0.05, 0) is 73.5 Å². The number of benzene rings is 2. The van der Waals surface area contributed by atoms with E-state index in [1.54, 1.807) is 23.9 Å². The van der Waals surface area contributed by atoms with Gasteiger partial charge in [0, 0.05) is 11.3 Å². The van der Waals surface area contributed by atoms with Crippen LogP contribution in [-0.2, 0) is 5.72 Å². The molecule has 2 aromatic carbocycles. The van der Waals surface area contributed by atoms with Crippen LogP contribution in [0, 0.1) is 19.7 Å². The molecule has 0 aliphatic carbocycles. The summed E-state index contributed by atoms with van der Waals surface area (Å²) < 4.78 is 15.4. The molecule has 0 fully saturated rings. The van der Waals surface area contributed by atoms with Crippen molar-refractivity contribution in [2.24, 2.45) is 0 Å². The second-order valence-electron chi connectivity index (χ2n) is 6.84.